The lowest BCUT2D eigenvalue weighted by Crippen LogP contribution is -1.89. The SMILES string of the molecule is COc1ccc(C)cc1-c1nc2ccc(Cl)cn2c1N=O. The van der Waals surface area contributed by atoms with Crippen molar-refractivity contribution >= 4 is 23.1 Å². The second-order valence-corrected chi connectivity index (χ2v) is 5.09. The summed E-state index contributed by atoms with van der Waals surface area (Å²) in [6.07, 6.45) is 1.62. The summed E-state index contributed by atoms with van der Waals surface area (Å²) in [6.45, 7) is 1.96. The monoisotopic (exact) mass is 301 g/mol. The molecule has 0 saturated carbocycles. The first-order valence-corrected chi connectivity index (χ1v) is 6.68. The highest BCUT2D eigenvalue weighted by molar-refractivity contribution is 6.30. The van der Waals surface area contributed by atoms with Gasteiger partial charge in [-0.25, -0.2) is 4.98 Å². The van der Waals surface area contributed by atoms with Crippen molar-refractivity contribution in [2.45, 2.75) is 6.92 Å². The van der Waals surface area contributed by atoms with Gasteiger partial charge in [0.2, 0.25) is 5.82 Å². The van der Waals surface area contributed by atoms with E-state index in [1.165, 1.54) is 0 Å². The molecule has 0 bridgehead atoms. The molecule has 0 saturated heterocycles. The molecule has 106 valence electrons. The van der Waals surface area contributed by atoms with E-state index in [4.69, 9.17) is 16.3 Å². The maximum absolute atomic E-state index is 11.3. The normalized spacial score (nSPS) is 10.8. The predicted molar refractivity (Wildman–Crippen MR) is 82.4 cm³/mol. The fraction of sp³-hybridized carbons (Fsp3) is 0.133. The van der Waals surface area contributed by atoms with Crippen LogP contribution in [0.4, 0.5) is 5.82 Å². The molecule has 0 fully saturated rings. The molecule has 0 amide bonds. The molecule has 3 aromatic rings. The zero-order valence-electron chi connectivity index (χ0n) is 11.5. The minimum absolute atomic E-state index is 0.205. The molecule has 0 radical (unpaired) electrons. The second kappa shape index (κ2) is 5.18. The molecular weight excluding hydrogens is 290 g/mol. The number of aryl methyl sites for hydroxylation is 1. The smallest absolute Gasteiger partial charge is 0.209 e. The third kappa shape index (κ3) is 2.25. The first-order chi connectivity index (χ1) is 10.1. The summed E-state index contributed by atoms with van der Waals surface area (Å²) in [5.74, 6) is 0.844. The zero-order chi connectivity index (χ0) is 15.0. The van der Waals surface area contributed by atoms with Gasteiger partial charge in [-0.2, -0.15) is 0 Å². The lowest BCUT2D eigenvalue weighted by Gasteiger charge is -2.07. The molecule has 0 aliphatic rings. The van der Waals surface area contributed by atoms with Crippen LogP contribution in [-0.4, -0.2) is 16.5 Å². The van der Waals surface area contributed by atoms with Crippen LogP contribution >= 0.6 is 11.6 Å². The summed E-state index contributed by atoms with van der Waals surface area (Å²) in [5.41, 5.74) is 2.85. The van der Waals surface area contributed by atoms with Gasteiger partial charge >= 0.3 is 0 Å². The molecule has 0 aliphatic carbocycles. The molecule has 0 unspecified atom stereocenters. The van der Waals surface area contributed by atoms with Gasteiger partial charge in [0, 0.05) is 11.8 Å². The van der Waals surface area contributed by atoms with Crippen LogP contribution in [0.1, 0.15) is 5.56 Å². The third-order valence-electron chi connectivity index (χ3n) is 3.25. The standard InChI is InChI=1S/C15H12ClN3O2/c1-9-3-5-12(21-2)11(7-9)14-15(18-20)19-8-10(16)4-6-13(19)17-14/h3-8H,1-2H3. The Balaban J connectivity index is 2.35. The number of aromatic nitrogens is 2. The Morgan fingerprint density at radius 3 is 2.81 bits per heavy atom. The van der Waals surface area contributed by atoms with Gasteiger partial charge in [-0.3, -0.25) is 4.40 Å². The largest absolute Gasteiger partial charge is 0.496 e. The number of rotatable bonds is 3. The van der Waals surface area contributed by atoms with E-state index in [-0.39, 0.29) is 5.82 Å². The Bertz CT molecular complexity index is 842. The highest BCUT2D eigenvalue weighted by Gasteiger charge is 2.18. The number of benzene rings is 1. The number of nitrogens with zero attached hydrogens (tertiary/aromatic N) is 3. The van der Waals surface area contributed by atoms with Gasteiger partial charge in [-0.1, -0.05) is 23.2 Å². The quantitative estimate of drug-likeness (QED) is 0.675. The number of hydrogen-bond acceptors (Lipinski definition) is 4. The molecule has 2 heterocycles. The minimum atomic E-state index is 0.205. The molecular formula is C15H12ClN3O2. The van der Waals surface area contributed by atoms with Gasteiger partial charge in [0.05, 0.1) is 12.1 Å². The summed E-state index contributed by atoms with van der Waals surface area (Å²) in [4.78, 5) is 15.8. The number of nitroso groups, excluding NO2 is 1. The number of ether oxygens (including phenoxy) is 1. The topological polar surface area (TPSA) is 56.0 Å². The Morgan fingerprint density at radius 1 is 1.29 bits per heavy atom. The summed E-state index contributed by atoms with van der Waals surface area (Å²) >= 11 is 5.97. The summed E-state index contributed by atoms with van der Waals surface area (Å²) in [7, 11) is 1.58. The molecule has 6 heteroatoms. The van der Waals surface area contributed by atoms with Crippen LogP contribution in [0.25, 0.3) is 16.9 Å². The van der Waals surface area contributed by atoms with Crippen molar-refractivity contribution < 1.29 is 4.74 Å². The van der Waals surface area contributed by atoms with Crippen LogP contribution in [0.2, 0.25) is 5.02 Å². The fourth-order valence-electron chi connectivity index (χ4n) is 2.28. The molecule has 2 aromatic heterocycles. The van der Waals surface area contributed by atoms with Crippen molar-refractivity contribution in [3.63, 3.8) is 0 Å². The van der Waals surface area contributed by atoms with Crippen LogP contribution in [-0.2, 0) is 0 Å². The van der Waals surface area contributed by atoms with Crippen LogP contribution in [0, 0.1) is 11.8 Å². The Kier molecular flexibility index (Phi) is 3.35. The zero-order valence-corrected chi connectivity index (χ0v) is 12.3. The van der Waals surface area contributed by atoms with Crippen molar-refractivity contribution in [1.29, 1.82) is 0 Å². The Hall–Kier alpha value is -2.40. The number of halogens is 1. The van der Waals surface area contributed by atoms with Gasteiger partial charge in [-0.15, -0.1) is 4.91 Å². The van der Waals surface area contributed by atoms with Crippen LogP contribution < -0.4 is 4.74 Å². The summed E-state index contributed by atoms with van der Waals surface area (Å²) in [5, 5.41) is 3.62. The van der Waals surface area contributed by atoms with Crippen LogP contribution in [0.5, 0.6) is 5.75 Å². The second-order valence-electron chi connectivity index (χ2n) is 4.65. The first kappa shape index (κ1) is 13.6. The lowest BCUT2D eigenvalue weighted by molar-refractivity contribution is 0.416. The van der Waals surface area contributed by atoms with Crippen LogP contribution in [0.15, 0.2) is 41.7 Å². The Labute approximate surface area is 126 Å². The number of methoxy groups -OCH3 is 1. The number of hydrogen-bond donors (Lipinski definition) is 0. The molecule has 0 spiro atoms. The highest BCUT2D eigenvalue weighted by atomic mass is 35.5. The average molecular weight is 302 g/mol. The number of fused-ring (bicyclic) bond motifs is 1. The third-order valence-corrected chi connectivity index (χ3v) is 3.48. The van der Waals surface area contributed by atoms with Gasteiger partial charge in [-0.05, 0) is 36.4 Å². The molecule has 0 aliphatic heterocycles. The fourth-order valence-corrected chi connectivity index (χ4v) is 2.44. The molecule has 5 nitrogen and oxygen atoms in total. The van der Waals surface area contributed by atoms with Gasteiger partial charge in [0.25, 0.3) is 0 Å². The van der Waals surface area contributed by atoms with Gasteiger partial charge in [0.15, 0.2) is 0 Å². The van der Waals surface area contributed by atoms with Crippen LogP contribution in [0.3, 0.4) is 0 Å². The van der Waals surface area contributed by atoms with E-state index < -0.39 is 0 Å². The van der Waals surface area contributed by atoms with E-state index in [1.54, 1.807) is 29.8 Å². The van der Waals surface area contributed by atoms with Crippen molar-refractivity contribution in [2.75, 3.05) is 7.11 Å². The van der Waals surface area contributed by atoms with E-state index in [1.807, 2.05) is 25.1 Å². The molecule has 3 rings (SSSR count). The van der Waals surface area contributed by atoms with E-state index in [0.29, 0.717) is 22.1 Å². The lowest BCUT2D eigenvalue weighted by atomic mass is 10.1. The Morgan fingerprint density at radius 2 is 2.10 bits per heavy atom. The van der Waals surface area contributed by atoms with Crippen molar-refractivity contribution in [3.8, 4) is 17.0 Å². The van der Waals surface area contributed by atoms with Gasteiger partial charge in [0.1, 0.15) is 17.1 Å². The minimum Gasteiger partial charge on any atom is -0.496 e. The summed E-state index contributed by atoms with van der Waals surface area (Å²) in [6, 6.07) is 9.15. The van der Waals surface area contributed by atoms with E-state index >= 15 is 0 Å². The molecule has 1 aromatic carbocycles. The first-order valence-electron chi connectivity index (χ1n) is 6.30. The van der Waals surface area contributed by atoms with Crippen molar-refractivity contribution in [3.05, 3.63) is 52.0 Å². The van der Waals surface area contributed by atoms with Crippen molar-refractivity contribution in [1.82, 2.24) is 9.38 Å². The molecule has 0 N–H and O–H groups in total. The molecule has 21 heavy (non-hydrogen) atoms. The van der Waals surface area contributed by atoms with Gasteiger partial charge < -0.3 is 4.74 Å². The number of imidazole rings is 1. The average Bonchev–Trinajstić information content (AvgIpc) is 2.84. The van der Waals surface area contributed by atoms with E-state index in [2.05, 4.69) is 10.2 Å². The summed E-state index contributed by atoms with van der Waals surface area (Å²) < 4.78 is 6.93. The maximum Gasteiger partial charge on any atom is 0.209 e. The molecule has 0 atom stereocenters. The maximum atomic E-state index is 11.3. The predicted octanol–water partition coefficient (Wildman–Crippen LogP) is 4.37. The van der Waals surface area contributed by atoms with Crippen molar-refractivity contribution in [2.24, 2.45) is 5.18 Å². The number of pyridine rings is 1. The van der Waals surface area contributed by atoms with E-state index in [0.717, 1.165) is 11.1 Å². The highest BCUT2D eigenvalue weighted by Crippen LogP contribution is 2.37. The van der Waals surface area contributed by atoms with E-state index in [9.17, 15) is 4.91 Å².